The fourth-order valence-electron chi connectivity index (χ4n) is 2.47. The number of esters is 1. The Hall–Kier alpha value is -1.81. The van der Waals surface area contributed by atoms with Crippen molar-refractivity contribution in [2.24, 2.45) is 0 Å². The molecular weight excluding hydrogens is 280 g/mol. The van der Waals surface area contributed by atoms with Crippen LogP contribution in [0.2, 0.25) is 0 Å². The van der Waals surface area contributed by atoms with Gasteiger partial charge in [0, 0.05) is 11.6 Å². The van der Waals surface area contributed by atoms with E-state index in [0.29, 0.717) is 12.2 Å². The lowest BCUT2D eigenvalue weighted by Gasteiger charge is -2.10. The van der Waals surface area contributed by atoms with E-state index < -0.39 is 12.3 Å². The number of benzene rings is 1. The van der Waals surface area contributed by atoms with Crippen molar-refractivity contribution in [3.63, 3.8) is 0 Å². The Morgan fingerprint density at radius 2 is 1.95 bits per heavy atom. The van der Waals surface area contributed by atoms with Crippen molar-refractivity contribution in [1.29, 1.82) is 0 Å². The third-order valence-corrected chi connectivity index (χ3v) is 3.70. The SMILES string of the molecule is CCCCCCCCOc1cccc(C2=CC(=O)OC2O)c1. The molecular formula is C18H24O4. The van der Waals surface area contributed by atoms with Gasteiger partial charge in [0.25, 0.3) is 0 Å². The van der Waals surface area contributed by atoms with Crippen molar-refractivity contribution >= 4 is 11.5 Å². The molecule has 0 aliphatic carbocycles. The van der Waals surface area contributed by atoms with Crippen LogP contribution in [0.15, 0.2) is 30.3 Å². The van der Waals surface area contributed by atoms with Gasteiger partial charge < -0.3 is 14.6 Å². The highest BCUT2D eigenvalue weighted by atomic mass is 16.6. The summed E-state index contributed by atoms with van der Waals surface area (Å²) in [6, 6.07) is 7.39. The second-order valence-electron chi connectivity index (χ2n) is 5.53. The lowest BCUT2D eigenvalue weighted by atomic mass is 10.1. The van der Waals surface area contributed by atoms with Gasteiger partial charge in [0.1, 0.15) is 5.75 Å². The molecule has 0 aromatic heterocycles. The summed E-state index contributed by atoms with van der Waals surface area (Å²) in [6.07, 6.45) is 7.49. The van der Waals surface area contributed by atoms with Crippen LogP contribution in [0.1, 0.15) is 51.0 Å². The van der Waals surface area contributed by atoms with E-state index in [1.54, 1.807) is 0 Å². The first-order valence-electron chi connectivity index (χ1n) is 8.04. The van der Waals surface area contributed by atoms with Crippen molar-refractivity contribution in [2.75, 3.05) is 6.61 Å². The van der Waals surface area contributed by atoms with Gasteiger partial charge in [-0.05, 0) is 24.1 Å². The van der Waals surface area contributed by atoms with Crippen LogP contribution in [0.25, 0.3) is 5.57 Å². The average Bonchev–Trinajstić information content (AvgIpc) is 2.85. The van der Waals surface area contributed by atoms with Crippen LogP contribution in [-0.2, 0) is 9.53 Å². The fourth-order valence-corrected chi connectivity index (χ4v) is 2.47. The molecule has 1 N–H and O–H groups in total. The zero-order valence-electron chi connectivity index (χ0n) is 13.1. The highest BCUT2D eigenvalue weighted by Gasteiger charge is 2.25. The van der Waals surface area contributed by atoms with Crippen molar-refractivity contribution in [1.82, 2.24) is 0 Å². The first kappa shape index (κ1) is 16.6. The molecule has 22 heavy (non-hydrogen) atoms. The molecule has 1 unspecified atom stereocenters. The van der Waals surface area contributed by atoms with E-state index in [2.05, 4.69) is 6.92 Å². The fraction of sp³-hybridized carbons (Fsp3) is 0.500. The number of carbonyl (C=O) groups excluding carboxylic acids is 1. The smallest absolute Gasteiger partial charge is 0.333 e. The molecule has 1 aliphatic heterocycles. The Labute approximate surface area is 131 Å². The highest BCUT2D eigenvalue weighted by Crippen LogP contribution is 2.27. The number of aliphatic hydroxyl groups is 1. The highest BCUT2D eigenvalue weighted by molar-refractivity contribution is 5.96. The molecule has 4 nitrogen and oxygen atoms in total. The summed E-state index contributed by atoms with van der Waals surface area (Å²) in [7, 11) is 0. The van der Waals surface area contributed by atoms with Crippen LogP contribution in [-0.4, -0.2) is 24.0 Å². The van der Waals surface area contributed by atoms with Crippen LogP contribution in [0.3, 0.4) is 0 Å². The minimum atomic E-state index is -1.18. The number of unbranched alkanes of at least 4 members (excludes halogenated alkanes) is 5. The molecule has 1 aromatic rings. The van der Waals surface area contributed by atoms with E-state index in [4.69, 9.17) is 9.47 Å². The van der Waals surface area contributed by atoms with Gasteiger partial charge in [-0.15, -0.1) is 0 Å². The number of aliphatic hydroxyl groups excluding tert-OH is 1. The Balaban J connectivity index is 1.80. The Morgan fingerprint density at radius 1 is 1.18 bits per heavy atom. The normalized spacial score (nSPS) is 17.3. The molecule has 1 aromatic carbocycles. The second kappa shape index (κ2) is 8.59. The maximum absolute atomic E-state index is 11.2. The molecule has 0 bridgehead atoms. The standard InChI is InChI=1S/C18H24O4/c1-2-3-4-5-6-7-11-21-15-10-8-9-14(12-15)16-13-17(19)22-18(16)20/h8-10,12-13,18,20H,2-7,11H2,1H3. The largest absolute Gasteiger partial charge is 0.494 e. The summed E-state index contributed by atoms with van der Waals surface area (Å²) in [6.45, 7) is 2.90. The third-order valence-electron chi connectivity index (χ3n) is 3.70. The molecule has 0 spiro atoms. The molecule has 1 atom stereocenters. The van der Waals surface area contributed by atoms with Crippen LogP contribution in [0, 0.1) is 0 Å². The summed E-state index contributed by atoms with van der Waals surface area (Å²) >= 11 is 0. The van der Waals surface area contributed by atoms with Gasteiger partial charge in [0.2, 0.25) is 6.29 Å². The maximum Gasteiger partial charge on any atom is 0.333 e. The van der Waals surface area contributed by atoms with Crippen LogP contribution < -0.4 is 4.74 Å². The van der Waals surface area contributed by atoms with Gasteiger partial charge in [-0.1, -0.05) is 51.2 Å². The number of hydrogen-bond acceptors (Lipinski definition) is 4. The van der Waals surface area contributed by atoms with Crippen molar-refractivity contribution in [3.8, 4) is 5.75 Å². The number of carbonyl (C=O) groups is 1. The van der Waals surface area contributed by atoms with Crippen molar-refractivity contribution < 1.29 is 19.4 Å². The average molecular weight is 304 g/mol. The Bertz CT molecular complexity index is 522. The molecule has 0 radical (unpaired) electrons. The van der Waals surface area contributed by atoms with Gasteiger partial charge in [-0.3, -0.25) is 0 Å². The molecule has 120 valence electrons. The van der Waals surface area contributed by atoms with Gasteiger partial charge in [-0.25, -0.2) is 4.79 Å². The van der Waals surface area contributed by atoms with E-state index in [-0.39, 0.29) is 0 Å². The summed E-state index contributed by atoms with van der Waals surface area (Å²) in [4.78, 5) is 11.2. The molecule has 1 heterocycles. The molecule has 2 rings (SSSR count). The van der Waals surface area contributed by atoms with E-state index in [1.165, 1.54) is 38.2 Å². The minimum Gasteiger partial charge on any atom is -0.494 e. The van der Waals surface area contributed by atoms with Crippen molar-refractivity contribution in [3.05, 3.63) is 35.9 Å². The number of rotatable bonds is 9. The van der Waals surface area contributed by atoms with E-state index in [9.17, 15) is 9.90 Å². The lowest BCUT2D eigenvalue weighted by Crippen LogP contribution is -2.09. The molecule has 4 heteroatoms. The van der Waals surface area contributed by atoms with Gasteiger partial charge >= 0.3 is 5.97 Å². The summed E-state index contributed by atoms with van der Waals surface area (Å²) in [5, 5.41) is 9.67. The zero-order valence-corrected chi connectivity index (χ0v) is 13.1. The summed E-state index contributed by atoms with van der Waals surface area (Å²) in [5.41, 5.74) is 1.23. The van der Waals surface area contributed by atoms with Gasteiger partial charge in [0.05, 0.1) is 6.61 Å². The summed E-state index contributed by atoms with van der Waals surface area (Å²) < 4.78 is 10.4. The first-order chi connectivity index (χ1) is 10.7. The van der Waals surface area contributed by atoms with Crippen LogP contribution in [0.5, 0.6) is 5.75 Å². The molecule has 0 fully saturated rings. The summed E-state index contributed by atoms with van der Waals surface area (Å²) in [5.74, 6) is 0.236. The molecule has 0 saturated heterocycles. The van der Waals surface area contributed by atoms with Crippen LogP contribution >= 0.6 is 0 Å². The third kappa shape index (κ3) is 4.88. The molecule has 0 amide bonds. The minimum absolute atomic E-state index is 0.481. The second-order valence-corrected chi connectivity index (χ2v) is 5.53. The molecule has 1 aliphatic rings. The number of hydrogen-bond donors (Lipinski definition) is 1. The number of ether oxygens (including phenoxy) is 2. The van der Waals surface area contributed by atoms with E-state index in [1.807, 2.05) is 24.3 Å². The van der Waals surface area contributed by atoms with Crippen molar-refractivity contribution in [2.45, 2.75) is 51.7 Å². The van der Waals surface area contributed by atoms with Gasteiger partial charge in [0.15, 0.2) is 0 Å². The quantitative estimate of drug-likeness (QED) is 0.558. The zero-order chi connectivity index (χ0) is 15.8. The lowest BCUT2D eigenvalue weighted by molar-refractivity contribution is -0.149. The maximum atomic E-state index is 11.2. The Morgan fingerprint density at radius 3 is 2.68 bits per heavy atom. The monoisotopic (exact) mass is 304 g/mol. The molecule has 0 saturated carbocycles. The topological polar surface area (TPSA) is 55.8 Å². The van der Waals surface area contributed by atoms with Crippen LogP contribution in [0.4, 0.5) is 0 Å². The predicted molar refractivity (Wildman–Crippen MR) is 85.4 cm³/mol. The number of cyclic esters (lactones) is 1. The Kier molecular flexibility index (Phi) is 6.46. The predicted octanol–water partition coefficient (Wildman–Crippen LogP) is 3.68. The van der Waals surface area contributed by atoms with E-state index in [0.717, 1.165) is 17.7 Å². The first-order valence-corrected chi connectivity index (χ1v) is 8.04. The van der Waals surface area contributed by atoms with E-state index >= 15 is 0 Å². The van der Waals surface area contributed by atoms with Gasteiger partial charge in [-0.2, -0.15) is 0 Å².